The average molecular weight is 206 g/mol. The van der Waals surface area contributed by atoms with Crippen molar-refractivity contribution < 1.29 is 5.11 Å². The van der Waals surface area contributed by atoms with Crippen molar-refractivity contribution in [2.45, 2.75) is 43.3 Å². The van der Waals surface area contributed by atoms with Gasteiger partial charge in [-0.2, -0.15) is 0 Å². The smallest absolute Gasteiger partial charge is 0.0865 e. The molecule has 1 atom stereocenters. The molecule has 0 aromatic carbocycles. The Bertz CT molecular complexity index is 125. The summed E-state index contributed by atoms with van der Waals surface area (Å²) < 4.78 is 0.118. The number of hydrogen-bond donors (Lipinski definition) is 1. The third-order valence-electron chi connectivity index (χ3n) is 2.22. The van der Waals surface area contributed by atoms with Gasteiger partial charge in [-0.25, -0.2) is 0 Å². The molecule has 1 heterocycles. The maximum absolute atomic E-state index is 9.72. The molecule has 1 rings (SSSR count). The maximum Gasteiger partial charge on any atom is 0.0865 e. The fourth-order valence-corrected chi connectivity index (χ4v) is 5.00. The molecule has 0 aromatic rings. The Labute approximate surface area is 83.7 Å². The van der Waals surface area contributed by atoms with Crippen LogP contribution in [0.4, 0.5) is 0 Å². The summed E-state index contributed by atoms with van der Waals surface area (Å²) in [6.07, 6.45) is 3.44. The first-order valence-corrected chi connectivity index (χ1v) is 6.64. The Morgan fingerprint density at radius 3 is 2.42 bits per heavy atom. The molecule has 1 aliphatic heterocycles. The van der Waals surface area contributed by atoms with E-state index < -0.39 is 0 Å². The molecule has 72 valence electrons. The molecule has 1 N–H and O–H groups in total. The first-order chi connectivity index (χ1) is 5.71. The molecular weight excluding hydrogens is 188 g/mol. The SMILES string of the molecule is CCCC1(C(C)O)SCCCS1. The van der Waals surface area contributed by atoms with E-state index in [9.17, 15) is 5.11 Å². The maximum atomic E-state index is 9.72. The van der Waals surface area contributed by atoms with Crippen LogP contribution in [0.2, 0.25) is 0 Å². The molecule has 1 saturated heterocycles. The fraction of sp³-hybridized carbons (Fsp3) is 1.00. The van der Waals surface area contributed by atoms with Crippen molar-refractivity contribution in [3.05, 3.63) is 0 Å². The highest BCUT2D eigenvalue weighted by atomic mass is 32.2. The lowest BCUT2D eigenvalue weighted by molar-refractivity contribution is 0.176. The van der Waals surface area contributed by atoms with Gasteiger partial charge in [0.2, 0.25) is 0 Å². The molecule has 0 spiro atoms. The summed E-state index contributed by atoms with van der Waals surface area (Å²) in [5.41, 5.74) is 0. The van der Waals surface area contributed by atoms with Crippen molar-refractivity contribution >= 4 is 23.5 Å². The molecular formula is C9H18OS2. The predicted molar refractivity (Wildman–Crippen MR) is 58.9 cm³/mol. The highest BCUT2D eigenvalue weighted by Crippen LogP contribution is 2.47. The normalized spacial score (nSPS) is 25.2. The molecule has 0 aromatic heterocycles. The summed E-state index contributed by atoms with van der Waals surface area (Å²) in [4.78, 5) is 0. The zero-order valence-corrected chi connectivity index (χ0v) is 9.51. The molecule has 0 amide bonds. The molecule has 0 aliphatic carbocycles. The van der Waals surface area contributed by atoms with E-state index in [1.165, 1.54) is 24.3 Å². The van der Waals surface area contributed by atoms with Crippen LogP contribution in [0.1, 0.15) is 33.1 Å². The van der Waals surface area contributed by atoms with Gasteiger partial charge in [0.15, 0.2) is 0 Å². The van der Waals surface area contributed by atoms with Crippen molar-refractivity contribution in [1.82, 2.24) is 0 Å². The Kier molecular flexibility index (Phi) is 4.27. The van der Waals surface area contributed by atoms with Crippen molar-refractivity contribution in [3.8, 4) is 0 Å². The van der Waals surface area contributed by atoms with Crippen molar-refractivity contribution in [2.24, 2.45) is 0 Å². The van der Waals surface area contributed by atoms with Crippen LogP contribution >= 0.6 is 23.5 Å². The molecule has 12 heavy (non-hydrogen) atoms. The monoisotopic (exact) mass is 206 g/mol. The zero-order chi connectivity index (χ0) is 9.03. The van der Waals surface area contributed by atoms with Crippen molar-refractivity contribution in [3.63, 3.8) is 0 Å². The van der Waals surface area contributed by atoms with Gasteiger partial charge in [0.05, 0.1) is 10.2 Å². The molecule has 0 radical (unpaired) electrons. The van der Waals surface area contributed by atoms with E-state index in [1.54, 1.807) is 0 Å². The average Bonchev–Trinajstić information content (AvgIpc) is 2.06. The number of thioether (sulfide) groups is 2. The van der Waals surface area contributed by atoms with E-state index in [-0.39, 0.29) is 10.2 Å². The van der Waals surface area contributed by atoms with Crippen LogP contribution in [-0.4, -0.2) is 26.8 Å². The first-order valence-electron chi connectivity index (χ1n) is 4.67. The molecule has 0 bridgehead atoms. The third kappa shape index (κ3) is 2.33. The molecule has 1 aliphatic rings. The Balaban J connectivity index is 2.56. The topological polar surface area (TPSA) is 20.2 Å². The largest absolute Gasteiger partial charge is 0.391 e. The van der Waals surface area contributed by atoms with E-state index in [0.717, 1.165) is 6.42 Å². The molecule has 1 unspecified atom stereocenters. The van der Waals surface area contributed by atoms with Crippen LogP contribution in [0.5, 0.6) is 0 Å². The minimum atomic E-state index is -0.173. The molecule has 0 saturated carbocycles. The molecule has 1 nitrogen and oxygen atoms in total. The lowest BCUT2D eigenvalue weighted by atomic mass is 10.1. The number of aliphatic hydroxyl groups excluding tert-OH is 1. The van der Waals surface area contributed by atoms with Gasteiger partial charge in [-0.3, -0.25) is 0 Å². The number of hydrogen-bond acceptors (Lipinski definition) is 3. The summed E-state index contributed by atoms with van der Waals surface area (Å²) >= 11 is 3.91. The lowest BCUT2D eigenvalue weighted by Gasteiger charge is -2.38. The summed E-state index contributed by atoms with van der Waals surface area (Å²) in [5, 5.41) is 9.72. The lowest BCUT2D eigenvalue weighted by Crippen LogP contribution is -2.36. The quantitative estimate of drug-likeness (QED) is 0.767. The third-order valence-corrected chi connectivity index (χ3v) is 5.98. The van der Waals surface area contributed by atoms with E-state index in [1.807, 2.05) is 30.4 Å². The Morgan fingerprint density at radius 1 is 1.42 bits per heavy atom. The van der Waals surface area contributed by atoms with E-state index in [4.69, 9.17) is 0 Å². The Morgan fingerprint density at radius 2 is 2.00 bits per heavy atom. The highest BCUT2D eigenvalue weighted by Gasteiger charge is 2.37. The summed E-state index contributed by atoms with van der Waals surface area (Å²) in [6, 6.07) is 0. The summed E-state index contributed by atoms with van der Waals surface area (Å²) in [5.74, 6) is 2.44. The number of aliphatic hydroxyl groups is 1. The minimum Gasteiger partial charge on any atom is -0.391 e. The van der Waals surface area contributed by atoms with E-state index in [2.05, 4.69) is 6.92 Å². The van der Waals surface area contributed by atoms with Crippen LogP contribution in [0.15, 0.2) is 0 Å². The molecule has 3 heteroatoms. The Hall–Kier alpha value is 0.660. The van der Waals surface area contributed by atoms with Gasteiger partial charge in [0.1, 0.15) is 0 Å². The van der Waals surface area contributed by atoms with Crippen molar-refractivity contribution in [2.75, 3.05) is 11.5 Å². The van der Waals surface area contributed by atoms with E-state index in [0.29, 0.717) is 0 Å². The molecule has 1 fully saturated rings. The second-order valence-corrected chi connectivity index (χ2v) is 6.40. The minimum absolute atomic E-state index is 0.118. The summed E-state index contributed by atoms with van der Waals surface area (Å²) in [7, 11) is 0. The fourth-order valence-electron chi connectivity index (χ4n) is 1.53. The van der Waals surface area contributed by atoms with Gasteiger partial charge in [0.25, 0.3) is 0 Å². The highest BCUT2D eigenvalue weighted by molar-refractivity contribution is 8.18. The van der Waals surface area contributed by atoms with Gasteiger partial charge in [0, 0.05) is 0 Å². The van der Waals surface area contributed by atoms with Crippen LogP contribution in [0, 0.1) is 0 Å². The van der Waals surface area contributed by atoms with E-state index >= 15 is 0 Å². The van der Waals surface area contributed by atoms with Gasteiger partial charge in [-0.15, -0.1) is 23.5 Å². The van der Waals surface area contributed by atoms with Crippen LogP contribution in [-0.2, 0) is 0 Å². The van der Waals surface area contributed by atoms with Gasteiger partial charge < -0.3 is 5.11 Å². The second kappa shape index (κ2) is 4.77. The first kappa shape index (κ1) is 10.7. The second-order valence-electron chi connectivity index (χ2n) is 3.29. The van der Waals surface area contributed by atoms with Crippen LogP contribution in [0.3, 0.4) is 0 Å². The van der Waals surface area contributed by atoms with Gasteiger partial charge in [-0.1, -0.05) is 13.3 Å². The number of rotatable bonds is 3. The predicted octanol–water partition coefficient (Wildman–Crippen LogP) is 2.73. The van der Waals surface area contributed by atoms with Crippen LogP contribution in [0.25, 0.3) is 0 Å². The van der Waals surface area contributed by atoms with Crippen LogP contribution < -0.4 is 0 Å². The van der Waals surface area contributed by atoms with Gasteiger partial charge >= 0.3 is 0 Å². The summed E-state index contributed by atoms with van der Waals surface area (Å²) in [6.45, 7) is 4.13. The standard InChI is InChI=1S/C9H18OS2/c1-3-5-9(8(2)10)11-6-4-7-12-9/h8,10H,3-7H2,1-2H3. The van der Waals surface area contributed by atoms with Gasteiger partial charge in [-0.05, 0) is 31.3 Å². The van der Waals surface area contributed by atoms with Crippen molar-refractivity contribution in [1.29, 1.82) is 0 Å². The zero-order valence-electron chi connectivity index (χ0n) is 7.88.